The van der Waals surface area contributed by atoms with E-state index in [1.165, 1.54) is 31.4 Å². The van der Waals surface area contributed by atoms with Crippen molar-refractivity contribution in [2.24, 2.45) is 0 Å². The fraction of sp³-hybridized carbons (Fsp3) is 0.133. The van der Waals surface area contributed by atoms with Crippen LogP contribution in [0.5, 0.6) is 11.5 Å². The quantitative estimate of drug-likeness (QED) is 0.721. The maximum absolute atomic E-state index is 12.4. The number of aromatic carboxylic acids is 1. The number of aryl methyl sites for hydroxylation is 1. The van der Waals surface area contributed by atoms with Gasteiger partial charge in [0.2, 0.25) is 0 Å². The highest BCUT2D eigenvalue weighted by Gasteiger charge is 2.19. The second-order valence-electron chi connectivity index (χ2n) is 4.77. The summed E-state index contributed by atoms with van der Waals surface area (Å²) in [6, 6.07) is 7.83. The fourth-order valence-electron chi connectivity index (χ4n) is 2.00. The van der Waals surface area contributed by atoms with Crippen molar-refractivity contribution in [1.82, 2.24) is 0 Å². The molecule has 0 atom stereocenters. The van der Waals surface area contributed by atoms with Crippen LogP contribution >= 0.6 is 0 Å². The minimum atomic E-state index is -3.94. The number of hydrogen-bond donors (Lipinski definition) is 3. The molecule has 0 amide bonds. The number of carbonyl (C=O) groups is 1. The van der Waals surface area contributed by atoms with Crippen molar-refractivity contribution in [3.8, 4) is 11.5 Å². The zero-order valence-corrected chi connectivity index (χ0v) is 13.2. The van der Waals surface area contributed by atoms with Gasteiger partial charge in [0, 0.05) is 0 Å². The SMILES string of the molecule is COc1ccc(S(=O)(=O)Nc2ccc(C(=O)O)cc2O)c(C)c1. The molecule has 2 rings (SSSR count). The van der Waals surface area contributed by atoms with Crippen LogP contribution < -0.4 is 9.46 Å². The second-order valence-corrected chi connectivity index (χ2v) is 6.42. The van der Waals surface area contributed by atoms with Crippen LogP contribution in [0.2, 0.25) is 0 Å². The van der Waals surface area contributed by atoms with E-state index < -0.39 is 21.7 Å². The van der Waals surface area contributed by atoms with Gasteiger partial charge in [-0.3, -0.25) is 4.72 Å². The Balaban J connectivity index is 2.37. The number of rotatable bonds is 5. The van der Waals surface area contributed by atoms with E-state index >= 15 is 0 Å². The summed E-state index contributed by atoms with van der Waals surface area (Å²) in [5, 5.41) is 18.6. The largest absolute Gasteiger partial charge is 0.506 e. The van der Waals surface area contributed by atoms with Gasteiger partial charge in [0.1, 0.15) is 11.5 Å². The first-order chi connectivity index (χ1) is 10.7. The number of aromatic hydroxyl groups is 1. The van der Waals surface area contributed by atoms with Crippen LogP contribution in [-0.2, 0) is 10.0 Å². The lowest BCUT2D eigenvalue weighted by atomic mass is 10.2. The van der Waals surface area contributed by atoms with Crippen molar-refractivity contribution < 1.29 is 28.2 Å². The number of nitrogens with one attached hydrogen (secondary N) is 1. The molecule has 23 heavy (non-hydrogen) atoms. The summed E-state index contributed by atoms with van der Waals surface area (Å²) in [4.78, 5) is 10.8. The Morgan fingerprint density at radius 3 is 2.39 bits per heavy atom. The van der Waals surface area contributed by atoms with Crippen LogP contribution in [0.25, 0.3) is 0 Å². The van der Waals surface area contributed by atoms with Crippen molar-refractivity contribution >= 4 is 21.7 Å². The Labute approximate surface area is 133 Å². The number of carboxylic acids is 1. The number of hydrogen-bond acceptors (Lipinski definition) is 5. The maximum atomic E-state index is 12.4. The van der Waals surface area contributed by atoms with E-state index in [1.54, 1.807) is 13.0 Å². The molecule has 2 aromatic carbocycles. The molecule has 0 bridgehead atoms. The number of ether oxygens (including phenoxy) is 1. The molecule has 7 nitrogen and oxygen atoms in total. The van der Waals surface area contributed by atoms with Crippen molar-refractivity contribution in [3.05, 3.63) is 47.5 Å². The first-order valence-corrected chi connectivity index (χ1v) is 7.96. The van der Waals surface area contributed by atoms with Gasteiger partial charge in [0.25, 0.3) is 10.0 Å². The summed E-state index contributed by atoms with van der Waals surface area (Å²) in [5.74, 6) is -1.17. The molecule has 0 radical (unpaired) electrons. The lowest BCUT2D eigenvalue weighted by Crippen LogP contribution is -2.14. The minimum absolute atomic E-state index is 0.0278. The molecule has 0 unspecified atom stereocenters. The summed E-state index contributed by atoms with van der Waals surface area (Å²) in [5.41, 5.74) is 0.217. The molecule has 3 N–H and O–H groups in total. The van der Waals surface area contributed by atoms with E-state index in [4.69, 9.17) is 9.84 Å². The van der Waals surface area contributed by atoms with E-state index in [2.05, 4.69) is 4.72 Å². The molecule has 0 spiro atoms. The van der Waals surface area contributed by atoms with Gasteiger partial charge in [0.15, 0.2) is 0 Å². The van der Waals surface area contributed by atoms with Gasteiger partial charge in [-0.1, -0.05) is 0 Å². The molecule has 8 heteroatoms. The van der Waals surface area contributed by atoms with E-state index in [1.807, 2.05) is 0 Å². The molecule has 0 saturated carbocycles. The molecular weight excluding hydrogens is 322 g/mol. The monoisotopic (exact) mass is 337 g/mol. The zero-order chi connectivity index (χ0) is 17.2. The van der Waals surface area contributed by atoms with Crippen molar-refractivity contribution in [3.63, 3.8) is 0 Å². The molecular formula is C15H15NO6S. The van der Waals surface area contributed by atoms with Crippen LogP contribution in [0.15, 0.2) is 41.3 Å². The highest BCUT2D eigenvalue weighted by molar-refractivity contribution is 7.92. The van der Waals surface area contributed by atoms with Gasteiger partial charge >= 0.3 is 5.97 Å². The van der Waals surface area contributed by atoms with Crippen LogP contribution in [0, 0.1) is 6.92 Å². The molecule has 0 aliphatic carbocycles. The number of phenolic OH excluding ortho intramolecular Hbond substituents is 1. The minimum Gasteiger partial charge on any atom is -0.506 e. The summed E-state index contributed by atoms with van der Waals surface area (Å²) >= 11 is 0. The lowest BCUT2D eigenvalue weighted by molar-refractivity contribution is 0.0696. The molecule has 0 aromatic heterocycles. The topological polar surface area (TPSA) is 113 Å². The van der Waals surface area contributed by atoms with Crippen LogP contribution in [-0.4, -0.2) is 31.7 Å². The molecule has 0 fully saturated rings. The van der Waals surface area contributed by atoms with Crippen LogP contribution in [0.3, 0.4) is 0 Å². The smallest absolute Gasteiger partial charge is 0.335 e. The van der Waals surface area contributed by atoms with Gasteiger partial charge < -0.3 is 14.9 Å². The Hall–Kier alpha value is -2.74. The summed E-state index contributed by atoms with van der Waals surface area (Å²) in [7, 11) is -2.46. The van der Waals surface area contributed by atoms with Crippen molar-refractivity contribution in [1.29, 1.82) is 0 Å². The average Bonchev–Trinajstić information content (AvgIpc) is 2.48. The van der Waals surface area contributed by atoms with Gasteiger partial charge in [-0.2, -0.15) is 0 Å². The number of methoxy groups -OCH3 is 1. The predicted molar refractivity (Wildman–Crippen MR) is 83.6 cm³/mol. The molecule has 122 valence electrons. The normalized spacial score (nSPS) is 11.0. The summed E-state index contributed by atoms with van der Waals surface area (Å²) in [6.45, 7) is 1.62. The molecule has 0 saturated heterocycles. The van der Waals surface area contributed by atoms with Crippen molar-refractivity contribution in [2.75, 3.05) is 11.8 Å². The third-order valence-electron chi connectivity index (χ3n) is 3.16. The maximum Gasteiger partial charge on any atom is 0.335 e. The van der Waals surface area contributed by atoms with E-state index in [0.29, 0.717) is 11.3 Å². The summed E-state index contributed by atoms with van der Waals surface area (Å²) < 4.78 is 32.1. The highest BCUT2D eigenvalue weighted by Crippen LogP contribution is 2.28. The average molecular weight is 337 g/mol. The summed E-state index contributed by atoms with van der Waals surface area (Å²) in [6.07, 6.45) is 0. The first-order valence-electron chi connectivity index (χ1n) is 6.48. The van der Waals surface area contributed by atoms with Crippen LogP contribution in [0.1, 0.15) is 15.9 Å². The number of carboxylic acid groups (broad SMARTS) is 1. The third-order valence-corrected chi connectivity index (χ3v) is 4.69. The Bertz CT molecular complexity index is 860. The Morgan fingerprint density at radius 2 is 1.87 bits per heavy atom. The van der Waals surface area contributed by atoms with Gasteiger partial charge in [-0.05, 0) is 48.9 Å². The number of benzene rings is 2. The second kappa shape index (κ2) is 6.17. The third kappa shape index (κ3) is 3.54. The highest BCUT2D eigenvalue weighted by atomic mass is 32.2. The Morgan fingerprint density at radius 1 is 1.17 bits per heavy atom. The van der Waals surface area contributed by atoms with Crippen molar-refractivity contribution in [2.45, 2.75) is 11.8 Å². The molecule has 0 aliphatic heterocycles. The van der Waals surface area contributed by atoms with Gasteiger partial charge in [-0.25, -0.2) is 13.2 Å². The van der Waals surface area contributed by atoms with E-state index in [-0.39, 0.29) is 16.1 Å². The molecule has 0 aliphatic rings. The molecule has 0 heterocycles. The predicted octanol–water partition coefficient (Wildman–Crippen LogP) is 2.21. The van der Waals surface area contributed by atoms with Crippen LogP contribution in [0.4, 0.5) is 5.69 Å². The van der Waals surface area contributed by atoms with E-state index in [9.17, 15) is 18.3 Å². The molecule has 2 aromatic rings. The van der Waals surface area contributed by atoms with E-state index in [0.717, 1.165) is 6.07 Å². The fourth-order valence-corrected chi connectivity index (χ4v) is 3.30. The Kier molecular flexibility index (Phi) is 4.46. The zero-order valence-electron chi connectivity index (χ0n) is 12.4. The lowest BCUT2D eigenvalue weighted by Gasteiger charge is -2.12. The number of phenols is 1. The van der Waals surface area contributed by atoms with Gasteiger partial charge in [-0.15, -0.1) is 0 Å². The van der Waals surface area contributed by atoms with Gasteiger partial charge in [0.05, 0.1) is 23.3 Å². The number of sulfonamides is 1. The standard InChI is InChI=1S/C15H15NO6S/c1-9-7-11(22-2)4-6-14(9)23(20,21)16-12-5-3-10(15(18)19)8-13(12)17/h3-8,16-17H,1-2H3,(H,18,19). The first kappa shape index (κ1) is 16.6. The number of anilines is 1.